The van der Waals surface area contributed by atoms with E-state index in [9.17, 15) is 13.2 Å². The fourth-order valence-electron chi connectivity index (χ4n) is 1.30. The average Bonchev–Trinajstić information content (AvgIpc) is 2.63. The molecule has 0 fully saturated rings. The molecule has 0 atom stereocenters. The van der Waals surface area contributed by atoms with Gasteiger partial charge in [0.2, 0.25) is 0 Å². The van der Waals surface area contributed by atoms with E-state index in [4.69, 9.17) is 11.6 Å². The Morgan fingerprint density at radius 1 is 1.24 bits per heavy atom. The van der Waals surface area contributed by atoms with Gasteiger partial charge in [-0.25, -0.2) is 0 Å². The Hall–Kier alpha value is -1.56. The maximum Gasteiger partial charge on any atom is 0.433 e. The van der Waals surface area contributed by atoms with E-state index in [2.05, 4.69) is 10.1 Å². The van der Waals surface area contributed by atoms with Crippen molar-refractivity contribution in [2.75, 3.05) is 0 Å². The van der Waals surface area contributed by atoms with Crippen LogP contribution in [0.1, 0.15) is 11.3 Å². The predicted molar refractivity (Wildman–Crippen MR) is 55.6 cm³/mol. The lowest BCUT2D eigenvalue weighted by atomic mass is 10.2. The largest absolute Gasteiger partial charge is 0.433 e. The molecular weight excluding hydrogens is 255 g/mol. The van der Waals surface area contributed by atoms with Crippen LogP contribution in [0.3, 0.4) is 0 Å². The summed E-state index contributed by atoms with van der Waals surface area (Å²) in [4.78, 5) is 3.35. The molecule has 0 unspecified atom stereocenters. The fraction of sp³-hybridized carbons (Fsp3) is 0.200. The Bertz CT molecular complexity index is 504. The summed E-state index contributed by atoms with van der Waals surface area (Å²) in [6.07, 6.45) is -0.190. The normalized spacial score (nSPS) is 11.8. The van der Waals surface area contributed by atoms with Crippen LogP contribution in [0.2, 0.25) is 5.02 Å². The second kappa shape index (κ2) is 4.37. The van der Waals surface area contributed by atoms with Crippen LogP contribution in [-0.2, 0) is 12.7 Å². The predicted octanol–water partition coefficient (Wildman–Crippen LogP) is 3.00. The van der Waals surface area contributed by atoms with Gasteiger partial charge in [0.15, 0.2) is 0 Å². The van der Waals surface area contributed by atoms with Gasteiger partial charge < -0.3 is 0 Å². The molecule has 0 aliphatic rings. The molecule has 0 amide bonds. The van der Waals surface area contributed by atoms with Gasteiger partial charge in [-0.3, -0.25) is 9.67 Å². The molecule has 17 heavy (non-hydrogen) atoms. The average molecular weight is 262 g/mol. The highest BCUT2D eigenvalue weighted by Gasteiger charge is 2.31. The van der Waals surface area contributed by atoms with E-state index in [1.807, 2.05) is 0 Å². The van der Waals surface area contributed by atoms with Crippen LogP contribution in [0.4, 0.5) is 13.2 Å². The summed E-state index contributed by atoms with van der Waals surface area (Å²) in [5.41, 5.74) is -0.280. The smallest absolute Gasteiger partial charge is 0.267 e. The molecule has 0 aliphatic heterocycles. The summed E-state index contributed by atoms with van der Waals surface area (Å²) >= 11 is 5.66. The van der Waals surface area contributed by atoms with Crippen LogP contribution in [0.5, 0.6) is 0 Å². The summed E-state index contributed by atoms with van der Waals surface area (Å²) in [7, 11) is 0. The third-order valence-corrected chi connectivity index (χ3v) is 2.26. The summed E-state index contributed by atoms with van der Waals surface area (Å²) in [5, 5.41) is 4.39. The molecule has 0 saturated carbocycles. The monoisotopic (exact) mass is 261 g/mol. The number of pyridine rings is 1. The van der Waals surface area contributed by atoms with Gasteiger partial charge in [0.25, 0.3) is 0 Å². The topological polar surface area (TPSA) is 30.7 Å². The van der Waals surface area contributed by atoms with Gasteiger partial charge in [-0.1, -0.05) is 17.7 Å². The van der Waals surface area contributed by atoms with Gasteiger partial charge in [-0.05, 0) is 11.6 Å². The Balaban J connectivity index is 2.13. The highest BCUT2D eigenvalue weighted by atomic mass is 35.5. The quantitative estimate of drug-likeness (QED) is 0.832. The third kappa shape index (κ3) is 2.97. The lowest BCUT2D eigenvalue weighted by molar-refractivity contribution is -0.141. The van der Waals surface area contributed by atoms with E-state index in [1.165, 1.54) is 23.1 Å². The Kier molecular flexibility index (Phi) is 3.06. The molecule has 2 heterocycles. The van der Waals surface area contributed by atoms with Gasteiger partial charge in [0, 0.05) is 12.4 Å². The van der Waals surface area contributed by atoms with E-state index in [0.29, 0.717) is 17.1 Å². The maximum absolute atomic E-state index is 12.3. The zero-order valence-corrected chi connectivity index (χ0v) is 9.20. The minimum atomic E-state index is -4.41. The number of nitrogens with zero attached hydrogens (tertiary/aromatic N) is 3. The zero-order valence-electron chi connectivity index (χ0n) is 8.45. The molecule has 2 aromatic rings. The number of hydrogen-bond acceptors (Lipinski definition) is 2. The number of rotatable bonds is 2. The highest BCUT2D eigenvalue weighted by Crippen LogP contribution is 2.27. The molecule has 2 aromatic heterocycles. The van der Waals surface area contributed by atoms with E-state index in [1.54, 1.807) is 6.20 Å². The van der Waals surface area contributed by atoms with Crippen molar-refractivity contribution in [1.82, 2.24) is 14.8 Å². The number of aromatic nitrogens is 3. The lowest BCUT2D eigenvalue weighted by Gasteiger charge is -2.06. The number of hydrogen-bond donors (Lipinski definition) is 0. The molecule has 0 radical (unpaired) electrons. The molecule has 0 aromatic carbocycles. The van der Waals surface area contributed by atoms with E-state index in [-0.39, 0.29) is 0 Å². The van der Waals surface area contributed by atoms with E-state index >= 15 is 0 Å². The molecule has 0 saturated heterocycles. The first-order chi connectivity index (χ1) is 7.95. The van der Waals surface area contributed by atoms with Crippen molar-refractivity contribution in [2.45, 2.75) is 12.7 Å². The SMILES string of the molecule is FC(F)(F)c1ccc(Cn2cc(Cl)cn2)cn1. The van der Waals surface area contributed by atoms with Crippen molar-refractivity contribution >= 4 is 11.6 Å². The first-order valence-corrected chi connectivity index (χ1v) is 5.03. The molecule has 3 nitrogen and oxygen atoms in total. The first-order valence-electron chi connectivity index (χ1n) is 4.65. The third-order valence-electron chi connectivity index (χ3n) is 2.06. The molecule has 2 rings (SSSR count). The summed E-state index contributed by atoms with van der Waals surface area (Å²) in [6, 6.07) is 2.31. The zero-order chi connectivity index (χ0) is 12.5. The summed E-state index contributed by atoms with van der Waals surface area (Å²) < 4.78 is 38.3. The molecule has 0 aliphatic carbocycles. The molecule has 7 heteroatoms. The second-order valence-corrected chi connectivity index (χ2v) is 3.84. The van der Waals surface area contributed by atoms with Crippen molar-refractivity contribution in [2.24, 2.45) is 0 Å². The molecule has 90 valence electrons. The van der Waals surface area contributed by atoms with Crippen LogP contribution in [0, 0.1) is 0 Å². The van der Waals surface area contributed by atoms with Crippen LogP contribution < -0.4 is 0 Å². The van der Waals surface area contributed by atoms with Crippen molar-refractivity contribution < 1.29 is 13.2 Å². The molecule has 0 spiro atoms. The van der Waals surface area contributed by atoms with Gasteiger partial charge >= 0.3 is 6.18 Å². The first kappa shape index (κ1) is 11.9. The number of alkyl halides is 3. The molecular formula is C10H7ClF3N3. The lowest BCUT2D eigenvalue weighted by Crippen LogP contribution is -2.08. The second-order valence-electron chi connectivity index (χ2n) is 3.41. The number of halogens is 4. The van der Waals surface area contributed by atoms with Gasteiger partial charge in [0.05, 0.1) is 17.8 Å². The maximum atomic E-state index is 12.3. The Morgan fingerprint density at radius 3 is 2.47 bits per heavy atom. The van der Waals surface area contributed by atoms with Crippen LogP contribution in [-0.4, -0.2) is 14.8 Å². The van der Waals surface area contributed by atoms with Crippen LogP contribution >= 0.6 is 11.6 Å². The van der Waals surface area contributed by atoms with Crippen molar-refractivity contribution in [3.05, 3.63) is 47.0 Å². The fourth-order valence-corrected chi connectivity index (χ4v) is 1.45. The Labute approximate surface area is 99.8 Å². The van der Waals surface area contributed by atoms with E-state index in [0.717, 1.165) is 6.07 Å². The van der Waals surface area contributed by atoms with E-state index < -0.39 is 11.9 Å². The standard InChI is InChI=1S/C10H7ClF3N3/c11-8-4-16-17(6-8)5-7-1-2-9(15-3-7)10(12,13)14/h1-4,6H,5H2. The summed E-state index contributed by atoms with van der Waals surface area (Å²) in [5.74, 6) is 0. The van der Waals surface area contributed by atoms with Gasteiger partial charge in [-0.15, -0.1) is 0 Å². The highest BCUT2D eigenvalue weighted by molar-refractivity contribution is 6.30. The van der Waals surface area contributed by atoms with Crippen molar-refractivity contribution in [3.8, 4) is 0 Å². The van der Waals surface area contributed by atoms with Crippen LogP contribution in [0.15, 0.2) is 30.7 Å². The minimum Gasteiger partial charge on any atom is -0.267 e. The molecule has 0 bridgehead atoms. The van der Waals surface area contributed by atoms with Gasteiger partial charge in [-0.2, -0.15) is 18.3 Å². The van der Waals surface area contributed by atoms with Crippen LogP contribution in [0.25, 0.3) is 0 Å². The van der Waals surface area contributed by atoms with Crippen molar-refractivity contribution in [1.29, 1.82) is 0 Å². The van der Waals surface area contributed by atoms with Crippen molar-refractivity contribution in [3.63, 3.8) is 0 Å². The minimum absolute atomic E-state index is 0.331. The van der Waals surface area contributed by atoms with Gasteiger partial charge in [0.1, 0.15) is 5.69 Å². The summed E-state index contributed by atoms with van der Waals surface area (Å²) in [6.45, 7) is 0.331. The Morgan fingerprint density at radius 2 is 2.00 bits per heavy atom. The molecule has 0 N–H and O–H groups in total.